The maximum atomic E-state index is 14.2. The zero-order chi connectivity index (χ0) is 22.0. The second-order valence-electron chi connectivity index (χ2n) is 7.14. The summed E-state index contributed by atoms with van der Waals surface area (Å²) in [6.07, 6.45) is 1.82. The summed E-state index contributed by atoms with van der Waals surface area (Å²) >= 11 is 9.30. The Kier molecular flexibility index (Phi) is 6.60. The summed E-state index contributed by atoms with van der Waals surface area (Å²) in [6, 6.07) is 13.2. The molecule has 0 saturated heterocycles. The molecule has 7 heteroatoms. The SMILES string of the molecule is C=CCn1c(SCc2c(F)cccc2Cl)nnc1-c1csc(C)c1-c1ccc(C)cc1. The fourth-order valence-electron chi connectivity index (χ4n) is 3.39. The van der Waals surface area contributed by atoms with Gasteiger partial charge < -0.3 is 0 Å². The van der Waals surface area contributed by atoms with Crippen LogP contribution in [0.15, 0.2) is 65.7 Å². The number of aromatic nitrogens is 3. The molecule has 0 fully saturated rings. The van der Waals surface area contributed by atoms with Gasteiger partial charge in [0, 0.05) is 44.3 Å². The molecular weight excluding hydrogens is 449 g/mol. The Labute approximate surface area is 194 Å². The summed E-state index contributed by atoms with van der Waals surface area (Å²) in [5, 5.41) is 12.2. The van der Waals surface area contributed by atoms with E-state index >= 15 is 0 Å². The lowest BCUT2D eigenvalue weighted by atomic mass is 10.0. The van der Waals surface area contributed by atoms with Crippen molar-refractivity contribution in [3.63, 3.8) is 0 Å². The van der Waals surface area contributed by atoms with Gasteiger partial charge in [0.15, 0.2) is 11.0 Å². The molecule has 31 heavy (non-hydrogen) atoms. The average Bonchev–Trinajstić information content (AvgIpc) is 3.32. The van der Waals surface area contributed by atoms with Gasteiger partial charge in [-0.2, -0.15) is 0 Å². The summed E-state index contributed by atoms with van der Waals surface area (Å²) in [6.45, 7) is 8.64. The molecule has 4 rings (SSSR count). The molecule has 0 aliphatic rings. The molecule has 0 N–H and O–H groups in total. The van der Waals surface area contributed by atoms with Crippen LogP contribution in [0.2, 0.25) is 5.02 Å². The monoisotopic (exact) mass is 469 g/mol. The Balaban J connectivity index is 1.72. The van der Waals surface area contributed by atoms with E-state index in [1.165, 1.54) is 28.3 Å². The number of thiophene rings is 1. The Morgan fingerprint density at radius 3 is 2.65 bits per heavy atom. The van der Waals surface area contributed by atoms with Crippen LogP contribution in [-0.4, -0.2) is 14.8 Å². The van der Waals surface area contributed by atoms with Crippen molar-refractivity contribution < 1.29 is 4.39 Å². The predicted molar refractivity (Wildman–Crippen MR) is 129 cm³/mol. The highest BCUT2D eigenvalue weighted by atomic mass is 35.5. The lowest BCUT2D eigenvalue weighted by molar-refractivity contribution is 0.617. The van der Waals surface area contributed by atoms with Gasteiger partial charge in [0.05, 0.1) is 0 Å². The van der Waals surface area contributed by atoms with Gasteiger partial charge >= 0.3 is 0 Å². The number of hydrogen-bond acceptors (Lipinski definition) is 4. The minimum Gasteiger partial charge on any atom is -0.298 e. The first-order valence-electron chi connectivity index (χ1n) is 9.75. The van der Waals surface area contributed by atoms with Crippen LogP contribution < -0.4 is 0 Å². The fourth-order valence-corrected chi connectivity index (χ4v) is 5.55. The predicted octanol–water partition coefficient (Wildman–Crippen LogP) is 7.56. The first-order valence-corrected chi connectivity index (χ1v) is 12.0. The standard InChI is InChI=1S/C24H21ClFN3S2/c1-4-12-29-23(19-14-30-16(3)22(19)17-10-8-15(2)9-11-17)27-28-24(29)31-13-18-20(25)6-5-7-21(18)26/h4-11,14H,1,12-13H2,2-3H3. The fraction of sp³-hybridized carbons (Fsp3) is 0.167. The van der Waals surface area contributed by atoms with Gasteiger partial charge in [-0.25, -0.2) is 4.39 Å². The highest BCUT2D eigenvalue weighted by Gasteiger charge is 2.20. The summed E-state index contributed by atoms with van der Waals surface area (Å²) in [5.74, 6) is 0.834. The molecule has 158 valence electrons. The second kappa shape index (κ2) is 9.39. The highest BCUT2D eigenvalue weighted by Crippen LogP contribution is 2.39. The van der Waals surface area contributed by atoms with E-state index in [4.69, 9.17) is 11.6 Å². The second-order valence-corrected chi connectivity index (χ2v) is 9.57. The van der Waals surface area contributed by atoms with Gasteiger partial charge in [0.1, 0.15) is 5.82 Å². The van der Waals surface area contributed by atoms with Gasteiger partial charge in [-0.05, 0) is 31.5 Å². The molecule has 3 nitrogen and oxygen atoms in total. The molecule has 0 spiro atoms. The number of nitrogens with zero attached hydrogens (tertiary/aromatic N) is 3. The number of rotatable bonds is 7. The van der Waals surface area contributed by atoms with Crippen molar-refractivity contribution in [3.05, 3.63) is 87.3 Å². The van der Waals surface area contributed by atoms with Crippen molar-refractivity contribution in [1.29, 1.82) is 0 Å². The Morgan fingerprint density at radius 1 is 1.16 bits per heavy atom. The van der Waals surface area contributed by atoms with Crippen molar-refractivity contribution in [1.82, 2.24) is 14.8 Å². The van der Waals surface area contributed by atoms with Crippen molar-refractivity contribution in [2.75, 3.05) is 0 Å². The lowest BCUT2D eigenvalue weighted by Crippen LogP contribution is -2.01. The third-order valence-electron chi connectivity index (χ3n) is 4.99. The lowest BCUT2D eigenvalue weighted by Gasteiger charge is -2.10. The van der Waals surface area contributed by atoms with Crippen molar-refractivity contribution in [3.8, 4) is 22.5 Å². The minimum absolute atomic E-state index is 0.315. The molecule has 0 atom stereocenters. The van der Waals surface area contributed by atoms with E-state index in [0.29, 0.717) is 28.0 Å². The molecule has 4 aromatic rings. The highest BCUT2D eigenvalue weighted by molar-refractivity contribution is 7.98. The molecule has 0 amide bonds. The van der Waals surface area contributed by atoms with Crippen LogP contribution in [0.25, 0.3) is 22.5 Å². The number of allylic oxidation sites excluding steroid dienone is 1. The molecule has 0 saturated carbocycles. The Morgan fingerprint density at radius 2 is 1.94 bits per heavy atom. The van der Waals surface area contributed by atoms with E-state index in [1.54, 1.807) is 23.5 Å². The quantitative estimate of drug-likeness (QED) is 0.206. The minimum atomic E-state index is -0.315. The summed E-state index contributed by atoms with van der Waals surface area (Å²) in [5.41, 5.74) is 5.04. The molecule has 2 heterocycles. The maximum Gasteiger partial charge on any atom is 0.192 e. The third-order valence-corrected chi connectivity index (χ3v) is 7.25. The van der Waals surface area contributed by atoms with Crippen LogP contribution in [0, 0.1) is 19.7 Å². The third kappa shape index (κ3) is 4.47. The van der Waals surface area contributed by atoms with Crippen LogP contribution in [0.3, 0.4) is 0 Å². The van der Waals surface area contributed by atoms with Crippen molar-refractivity contribution >= 4 is 34.7 Å². The van der Waals surface area contributed by atoms with Gasteiger partial charge in [0.2, 0.25) is 0 Å². The van der Waals surface area contributed by atoms with Crippen molar-refractivity contribution in [2.24, 2.45) is 0 Å². The molecule has 0 aliphatic heterocycles. The number of halogens is 2. The summed E-state index contributed by atoms with van der Waals surface area (Å²) in [7, 11) is 0. The smallest absolute Gasteiger partial charge is 0.192 e. The first-order chi connectivity index (χ1) is 15.0. The van der Waals surface area contributed by atoms with Crippen molar-refractivity contribution in [2.45, 2.75) is 31.3 Å². The zero-order valence-corrected chi connectivity index (χ0v) is 19.6. The zero-order valence-electron chi connectivity index (χ0n) is 17.2. The maximum absolute atomic E-state index is 14.2. The Bertz CT molecular complexity index is 1210. The summed E-state index contributed by atoms with van der Waals surface area (Å²) < 4.78 is 16.2. The van der Waals surface area contributed by atoms with Crippen LogP contribution >= 0.6 is 34.7 Å². The summed E-state index contributed by atoms with van der Waals surface area (Å²) in [4.78, 5) is 1.22. The molecule has 0 unspecified atom stereocenters. The molecule has 2 aromatic heterocycles. The molecule has 0 radical (unpaired) electrons. The van der Waals surface area contributed by atoms with E-state index in [1.807, 2.05) is 10.6 Å². The van der Waals surface area contributed by atoms with E-state index in [9.17, 15) is 4.39 Å². The molecule has 0 aliphatic carbocycles. The number of thioether (sulfide) groups is 1. The van der Waals surface area contributed by atoms with Gasteiger partial charge in [-0.1, -0.05) is 65.3 Å². The molecule has 2 aromatic carbocycles. The van der Waals surface area contributed by atoms with Crippen LogP contribution in [0.4, 0.5) is 4.39 Å². The van der Waals surface area contributed by atoms with E-state index in [2.05, 4.69) is 60.3 Å². The number of hydrogen-bond donors (Lipinski definition) is 0. The van der Waals surface area contributed by atoms with Crippen LogP contribution in [0.1, 0.15) is 16.0 Å². The number of benzene rings is 2. The van der Waals surface area contributed by atoms with Gasteiger partial charge in [-0.15, -0.1) is 28.1 Å². The van der Waals surface area contributed by atoms with Gasteiger partial charge in [0.25, 0.3) is 0 Å². The molecule has 0 bridgehead atoms. The normalized spacial score (nSPS) is 11.1. The average molecular weight is 470 g/mol. The number of aryl methyl sites for hydroxylation is 2. The van der Waals surface area contributed by atoms with E-state index in [-0.39, 0.29) is 5.82 Å². The molecular formula is C24H21ClFN3S2. The topological polar surface area (TPSA) is 30.7 Å². The largest absolute Gasteiger partial charge is 0.298 e. The first kappa shape index (κ1) is 21.8. The van der Waals surface area contributed by atoms with Crippen LogP contribution in [0.5, 0.6) is 0 Å². The van der Waals surface area contributed by atoms with Gasteiger partial charge in [-0.3, -0.25) is 4.57 Å². The van der Waals surface area contributed by atoms with Crippen LogP contribution in [-0.2, 0) is 12.3 Å². The van der Waals surface area contributed by atoms with E-state index in [0.717, 1.165) is 22.5 Å². The Hall–Kier alpha value is -2.41. The van der Waals surface area contributed by atoms with E-state index < -0.39 is 0 Å².